The summed E-state index contributed by atoms with van der Waals surface area (Å²) < 4.78 is 1.89. The SMILES string of the molecule is CC(C)NC(=O)c1nc(C(=O)Nc2ccccc2)c2n1CCCC2. The molecule has 0 fully saturated rings. The number of nitrogens with one attached hydrogen (secondary N) is 2. The molecule has 1 aliphatic rings. The molecular formula is C18H22N4O2. The van der Waals surface area contributed by atoms with Crippen molar-refractivity contribution in [1.29, 1.82) is 0 Å². The summed E-state index contributed by atoms with van der Waals surface area (Å²) >= 11 is 0. The summed E-state index contributed by atoms with van der Waals surface area (Å²) in [5, 5.41) is 5.71. The molecule has 0 aliphatic carbocycles. The van der Waals surface area contributed by atoms with Gasteiger partial charge in [-0.2, -0.15) is 0 Å². The zero-order valence-electron chi connectivity index (χ0n) is 14.0. The average molecular weight is 326 g/mol. The van der Waals surface area contributed by atoms with Gasteiger partial charge in [0.05, 0.1) is 5.69 Å². The second-order valence-corrected chi connectivity index (χ2v) is 6.29. The van der Waals surface area contributed by atoms with Crippen LogP contribution in [0.3, 0.4) is 0 Å². The smallest absolute Gasteiger partial charge is 0.287 e. The van der Waals surface area contributed by atoms with Crippen LogP contribution >= 0.6 is 0 Å². The van der Waals surface area contributed by atoms with Gasteiger partial charge in [0.25, 0.3) is 11.8 Å². The molecule has 0 unspecified atom stereocenters. The number of carbonyl (C=O) groups is 2. The summed E-state index contributed by atoms with van der Waals surface area (Å²) in [7, 11) is 0. The molecule has 0 radical (unpaired) electrons. The van der Waals surface area contributed by atoms with Gasteiger partial charge >= 0.3 is 0 Å². The number of imidazole rings is 1. The first kappa shape index (κ1) is 16.2. The molecular weight excluding hydrogens is 304 g/mol. The number of hydrogen-bond acceptors (Lipinski definition) is 3. The minimum Gasteiger partial charge on any atom is -0.347 e. The van der Waals surface area contributed by atoms with Crippen LogP contribution < -0.4 is 10.6 Å². The summed E-state index contributed by atoms with van der Waals surface area (Å²) in [6.07, 6.45) is 2.76. The summed E-state index contributed by atoms with van der Waals surface area (Å²) in [4.78, 5) is 29.4. The molecule has 0 saturated heterocycles. The van der Waals surface area contributed by atoms with Crippen molar-refractivity contribution in [1.82, 2.24) is 14.9 Å². The Morgan fingerprint density at radius 1 is 1.12 bits per heavy atom. The van der Waals surface area contributed by atoms with Crippen LogP contribution in [-0.2, 0) is 13.0 Å². The molecule has 6 heteroatoms. The van der Waals surface area contributed by atoms with Gasteiger partial charge in [-0.3, -0.25) is 9.59 Å². The predicted octanol–water partition coefficient (Wildman–Crippen LogP) is 2.61. The van der Waals surface area contributed by atoms with Crippen LogP contribution in [-0.4, -0.2) is 27.4 Å². The molecule has 1 aromatic carbocycles. The highest BCUT2D eigenvalue weighted by atomic mass is 16.2. The largest absolute Gasteiger partial charge is 0.347 e. The van der Waals surface area contributed by atoms with Crippen molar-refractivity contribution in [2.45, 2.75) is 45.7 Å². The van der Waals surface area contributed by atoms with Gasteiger partial charge in [0.15, 0.2) is 11.5 Å². The van der Waals surface area contributed by atoms with Crippen LogP contribution in [0.25, 0.3) is 0 Å². The Kier molecular flexibility index (Phi) is 4.64. The van der Waals surface area contributed by atoms with E-state index in [1.165, 1.54) is 0 Å². The molecule has 0 bridgehead atoms. The third-order valence-corrected chi connectivity index (χ3v) is 3.99. The van der Waals surface area contributed by atoms with Crippen molar-refractivity contribution in [3.05, 3.63) is 47.5 Å². The van der Waals surface area contributed by atoms with Gasteiger partial charge in [-0.1, -0.05) is 18.2 Å². The van der Waals surface area contributed by atoms with E-state index in [0.717, 1.165) is 31.5 Å². The first-order chi connectivity index (χ1) is 11.6. The van der Waals surface area contributed by atoms with Crippen molar-refractivity contribution >= 4 is 17.5 Å². The number of para-hydroxylation sites is 1. The zero-order chi connectivity index (χ0) is 17.1. The van der Waals surface area contributed by atoms with Gasteiger partial charge in [0.1, 0.15) is 0 Å². The third kappa shape index (κ3) is 3.32. The molecule has 24 heavy (non-hydrogen) atoms. The number of carbonyl (C=O) groups excluding carboxylic acids is 2. The van der Waals surface area contributed by atoms with Gasteiger partial charge in [0.2, 0.25) is 0 Å². The number of aromatic nitrogens is 2. The maximum absolute atomic E-state index is 12.6. The quantitative estimate of drug-likeness (QED) is 0.907. The number of benzene rings is 1. The summed E-state index contributed by atoms with van der Waals surface area (Å²) in [5.41, 5.74) is 1.92. The van der Waals surface area contributed by atoms with E-state index >= 15 is 0 Å². The minimum atomic E-state index is -0.268. The van der Waals surface area contributed by atoms with Gasteiger partial charge in [-0.25, -0.2) is 4.98 Å². The van der Waals surface area contributed by atoms with E-state index in [1.54, 1.807) is 0 Å². The van der Waals surface area contributed by atoms with Gasteiger partial charge in [0, 0.05) is 18.3 Å². The zero-order valence-corrected chi connectivity index (χ0v) is 14.0. The highest BCUT2D eigenvalue weighted by Gasteiger charge is 2.27. The Labute approximate surface area is 141 Å². The number of rotatable bonds is 4. The van der Waals surface area contributed by atoms with Crippen molar-refractivity contribution in [2.75, 3.05) is 5.32 Å². The fraction of sp³-hybridized carbons (Fsp3) is 0.389. The normalized spacial score (nSPS) is 13.5. The maximum atomic E-state index is 12.6. The molecule has 0 spiro atoms. The number of amides is 2. The van der Waals surface area contributed by atoms with Crippen LogP contribution in [0.15, 0.2) is 30.3 Å². The van der Waals surface area contributed by atoms with Crippen molar-refractivity contribution in [3.63, 3.8) is 0 Å². The first-order valence-corrected chi connectivity index (χ1v) is 8.33. The standard InChI is InChI=1S/C18H22N4O2/c1-12(2)19-18(24)16-21-15(14-10-6-7-11-22(14)16)17(23)20-13-8-4-3-5-9-13/h3-5,8-9,12H,6-7,10-11H2,1-2H3,(H,19,24)(H,20,23). The van der Waals surface area contributed by atoms with E-state index in [4.69, 9.17) is 0 Å². The number of fused-ring (bicyclic) bond motifs is 1. The maximum Gasteiger partial charge on any atom is 0.287 e. The van der Waals surface area contributed by atoms with Gasteiger partial charge < -0.3 is 15.2 Å². The lowest BCUT2D eigenvalue weighted by Crippen LogP contribution is -2.33. The molecule has 2 aromatic rings. The number of nitrogens with zero attached hydrogens (tertiary/aromatic N) is 2. The lowest BCUT2D eigenvalue weighted by Gasteiger charge is -2.17. The molecule has 2 heterocycles. The van der Waals surface area contributed by atoms with E-state index in [0.29, 0.717) is 17.2 Å². The molecule has 0 atom stereocenters. The van der Waals surface area contributed by atoms with E-state index in [2.05, 4.69) is 15.6 Å². The summed E-state index contributed by atoms with van der Waals surface area (Å²) in [6.45, 7) is 4.53. The summed E-state index contributed by atoms with van der Waals surface area (Å²) in [5.74, 6) is -0.168. The third-order valence-electron chi connectivity index (χ3n) is 3.99. The summed E-state index contributed by atoms with van der Waals surface area (Å²) in [6, 6.07) is 9.29. The molecule has 0 saturated carbocycles. The monoisotopic (exact) mass is 326 g/mol. The van der Waals surface area contributed by atoms with Crippen molar-refractivity contribution in [2.24, 2.45) is 0 Å². The van der Waals surface area contributed by atoms with Crippen LogP contribution in [0.1, 0.15) is 53.5 Å². The highest BCUT2D eigenvalue weighted by Crippen LogP contribution is 2.22. The fourth-order valence-corrected chi connectivity index (χ4v) is 2.94. The Hall–Kier alpha value is -2.63. The van der Waals surface area contributed by atoms with Crippen LogP contribution in [0, 0.1) is 0 Å². The lowest BCUT2D eigenvalue weighted by molar-refractivity contribution is 0.0927. The lowest BCUT2D eigenvalue weighted by atomic mass is 10.1. The topological polar surface area (TPSA) is 76.0 Å². The molecule has 2 N–H and O–H groups in total. The van der Waals surface area contributed by atoms with E-state index in [1.807, 2.05) is 48.7 Å². The fourth-order valence-electron chi connectivity index (χ4n) is 2.94. The second-order valence-electron chi connectivity index (χ2n) is 6.29. The molecule has 6 nitrogen and oxygen atoms in total. The van der Waals surface area contributed by atoms with Crippen LogP contribution in [0.5, 0.6) is 0 Å². The Balaban J connectivity index is 1.91. The molecule has 3 rings (SSSR count). The second kappa shape index (κ2) is 6.86. The minimum absolute atomic E-state index is 0.0237. The number of hydrogen-bond donors (Lipinski definition) is 2. The van der Waals surface area contributed by atoms with Gasteiger partial charge in [-0.05, 0) is 45.2 Å². The van der Waals surface area contributed by atoms with Crippen LogP contribution in [0.2, 0.25) is 0 Å². The number of anilines is 1. The highest BCUT2D eigenvalue weighted by molar-refractivity contribution is 6.05. The molecule has 1 aromatic heterocycles. The van der Waals surface area contributed by atoms with E-state index in [9.17, 15) is 9.59 Å². The Morgan fingerprint density at radius 3 is 2.58 bits per heavy atom. The van der Waals surface area contributed by atoms with E-state index in [-0.39, 0.29) is 17.9 Å². The molecule has 2 amide bonds. The van der Waals surface area contributed by atoms with Crippen LogP contribution in [0.4, 0.5) is 5.69 Å². The average Bonchev–Trinajstić information content (AvgIpc) is 2.95. The Bertz CT molecular complexity index is 750. The first-order valence-electron chi connectivity index (χ1n) is 8.33. The molecule has 1 aliphatic heterocycles. The van der Waals surface area contributed by atoms with E-state index < -0.39 is 0 Å². The predicted molar refractivity (Wildman–Crippen MR) is 92.2 cm³/mol. The van der Waals surface area contributed by atoms with Gasteiger partial charge in [-0.15, -0.1) is 0 Å². The molecule has 126 valence electrons. The van der Waals surface area contributed by atoms with Crippen molar-refractivity contribution < 1.29 is 9.59 Å². The Morgan fingerprint density at radius 2 is 1.88 bits per heavy atom. The van der Waals surface area contributed by atoms with Crippen molar-refractivity contribution in [3.8, 4) is 0 Å².